The molecule has 0 saturated carbocycles. The van der Waals surface area contributed by atoms with Crippen LogP contribution in [0.25, 0.3) is 0 Å². The first-order chi connectivity index (χ1) is 16.3. The predicted molar refractivity (Wildman–Crippen MR) is 137 cm³/mol. The summed E-state index contributed by atoms with van der Waals surface area (Å²) >= 11 is 5.63. The van der Waals surface area contributed by atoms with Crippen molar-refractivity contribution in [1.29, 1.82) is 0 Å². The van der Waals surface area contributed by atoms with Crippen molar-refractivity contribution < 1.29 is 13.2 Å². The van der Waals surface area contributed by atoms with E-state index in [4.69, 9.17) is 12.2 Å². The molecule has 4 nitrogen and oxygen atoms in total. The summed E-state index contributed by atoms with van der Waals surface area (Å²) in [5.74, 6) is 1.19. The number of benzene rings is 2. The second-order valence-electron chi connectivity index (χ2n) is 8.34. The van der Waals surface area contributed by atoms with Crippen molar-refractivity contribution in [3.8, 4) is 0 Å². The fourth-order valence-corrected chi connectivity index (χ4v) is 3.80. The van der Waals surface area contributed by atoms with Crippen LogP contribution in [-0.4, -0.2) is 29.1 Å². The van der Waals surface area contributed by atoms with Crippen molar-refractivity contribution in [1.82, 2.24) is 10.2 Å². The van der Waals surface area contributed by atoms with Crippen LogP contribution in [0.1, 0.15) is 37.4 Å². The first-order valence-electron chi connectivity index (χ1n) is 11.2. The van der Waals surface area contributed by atoms with Gasteiger partial charge in [0.05, 0.1) is 18.2 Å². The number of thiocarbonyl (C=S) groups is 1. The normalized spacial score (nSPS) is 16.5. The summed E-state index contributed by atoms with van der Waals surface area (Å²) in [6, 6.07) is 14.6. The standard InChI is InChI=1S/C26H29F3N4S/c1-19(2)11-6-3-4-9-16-30-24-31-18-23(20-12-7-5-8-13-20)33(24)25(34)32-22-15-10-14-21(17-22)26(27,28)29/h3-10,12-15,17,19,23H,11,16,18H2,1-2H3,(H,30,31)(H,32,34). The lowest BCUT2D eigenvalue weighted by atomic mass is 10.1. The quantitative estimate of drug-likeness (QED) is 0.343. The number of alkyl halides is 3. The molecular weight excluding hydrogens is 457 g/mol. The zero-order valence-corrected chi connectivity index (χ0v) is 20.0. The second-order valence-corrected chi connectivity index (χ2v) is 8.72. The predicted octanol–water partition coefficient (Wildman–Crippen LogP) is 6.56. The Kier molecular flexibility index (Phi) is 8.87. The van der Waals surface area contributed by atoms with Gasteiger partial charge in [-0.2, -0.15) is 13.2 Å². The summed E-state index contributed by atoms with van der Waals surface area (Å²) in [5.41, 5.74) is 0.556. The number of allylic oxidation sites excluding steroid dienone is 3. The van der Waals surface area contributed by atoms with Gasteiger partial charge in [0.15, 0.2) is 5.11 Å². The molecule has 0 saturated heterocycles. The maximum Gasteiger partial charge on any atom is 0.416 e. The number of anilines is 1. The highest BCUT2D eigenvalue weighted by Gasteiger charge is 2.33. The largest absolute Gasteiger partial charge is 0.416 e. The first kappa shape index (κ1) is 25.5. The first-order valence-corrected chi connectivity index (χ1v) is 11.6. The summed E-state index contributed by atoms with van der Waals surface area (Å²) in [5, 5.41) is 6.52. The Balaban J connectivity index is 1.73. The summed E-state index contributed by atoms with van der Waals surface area (Å²) in [7, 11) is 0. The van der Waals surface area contributed by atoms with E-state index in [1.807, 2.05) is 53.5 Å². The molecule has 0 aliphatic carbocycles. The molecule has 3 rings (SSSR count). The Labute approximate surface area is 204 Å². The summed E-state index contributed by atoms with van der Waals surface area (Å²) in [6.45, 7) is 5.35. The van der Waals surface area contributed by atoms with Gasteiger partial charge >= 0.3 is 6.18 Å². The summed E-state index contributed by atoms with van der Waals surface area (Å²) in [4.78, 5) is 6.45. The van der Waals surface area contributed by atoms with Crippen molar-refractivity contribution in [3.63, 3.8) is 0 Å². The van der Waals surface area contributed by atoms with Gasteiger partial charge in [0, 0.05) is 12.2 Å². The van der Waals surface area contributed by atoms with E-state index in [0.29, 0.717) is 25.0 Å². The van der Waals surface area contributed by atoms with E-state index in [1.54, 1.807) is 6.07 Å². The Hall–Kier alpha value is -3.13. The van der Waals surface area contributed by atoms with Crippen LogP contribution in [0.5, 0.6) is 0 Å². The Morgan fingerprint density at radius 1 is 1.12 bits per heavy atom. The third kappa shape index (κ3) is 7.18. The van der Waals surface area contributed by atoms with Crippen molar-refractivity contribution in [2.75, 3.05) is 18.4 Å². The van der Waals surface area contributed by atoms with E-state index >= 15 is 0 Å². The molecule has 34 heavy (non-hydrogen) atoms. The van der Waals surface area contributed by atoms with Crippen LogP contribution < -0.4 is 10.6 Å². The van der Waals surface area contributed by atoms with Crippen LogP contribution in [0.15, 0.2) is 83.9 Å². The van der Waals surface area contributed by atoms with Crippen molar-refractivity contribution >= 4 is 29.0 Å². The summed E-state index contributed by atoms with van der Waals surface area (Å²) in [6.07, 6.45) is 4.69. The van der Waals surface area contributed by atoms with Crippen LogP contribution in [0.3, 0.4) is 0 Å². The molecule has 180 valence electrons. The minimum atomic E-state index is -4.43. The van der Waals surface area contributed by atoms with Crippen LogP contribution in [0, 0.1) is 5.92 Å². The van der Waals surface area contributed by atoms with Gasteiger partial charge in [-0.05, 0) is 48.3 Å². The lowest BCUT2D eigenvalue weighted by Crippen LogP contribution is -2.45. The molecule has 0 radical (unpaired) electrons. The van der Waals surface area contributed by atoms with Gasteiger partial charge < -0.3 is 10.6 Å². The molecule has 2 aromatic rings. The van der Waals surface area contributed by atoms with Crippen LogP contribution in [0.4, 0.5) is 18.9 Å². The highest BCUT2D eigenvalue weighted by atomic mass is 32.1. The van der Waals surface area contributed by atoms with Gasteiger partial charge in [0.25, 0.3) is 0 Å². The van der Waals surface area contributed by atoms with Crippen molar-refractivity contribution in [2.45, 2.75) is 32.5 Å². The molecule has 0 bridgehead atoms. The third-order valence-electron chi connectivity index (χ3n) is 5.17. The number of guanidine groups is 1. The Morgan fingerprint density at radius 2 is 1.85 bits per heavy atom. The number of nitrogens with zero attached hydrogens (tertiary/aromatic N) is 2. The van der Waals surface area contributed by atoms with Crippen LogP contribution in [0.2, 0.25) is 0 Å². The maximum absolute atomic E-state index is 13.1. The van der Waals surface area contributed by atoms with E-state index in [2.05, 4.69) is 35.5 Å². The zero-order valence-electron chi connectivity index (χ0n) is 19.2. The summed E-state index contributed by atoms with van der Waals surface area (Å²) < 4.78 is 39.4. The Bertz CT molecular complexity index is 1050. The SMILES string of the molecule is CC(C)CC=CC=CCNC1=NCC(c2ccccc2)N1C(=S)Nc1cccc(C(F)(F)F)c1. The third-order valence-corrected chi connectivity index (χ3v) is 5.47. The fraction of sp³-hybridized carbons (Fsp3) is 0.308. The minimum absolute atomic E-state index is 0.163. The molecule has 2 N–H and O–H groups in total. The number of rotatable bonds is 7. The van der Waals surface area contributed by atoms with E-state index in [1.165, 1.54) is 6.07 Å². The number of hydrogen-bond acceptors (Lipinski definition) is 3. The van der Waals surface area contributed by atoms with Gasteiger partial charge in [-0.3, -0.25) is 9.89 Å². The van der Waals surface area contributed by atoms with Crippen LogP contribution in [-0.2, 0) is 6.18 Å². The molecular formula is C26H29F3N4S. The smallest absolute Gasteiger partial charge is 0.352 e. The number of hydrogen-bond donors (Lipinski definition) is 2. The number of aliphatic imine (C=N–C) groups is 1. The highest BCUT2D eigenvalue weighted by molar-refractivity contribution is 7.80. The second kappa shape index (κ2) is 11.8. The zero-order chi connectivity index (χ0) is 24.6. The van der Waals surface area contributed by atoms with Gasteiger partial charge in [-0.15, -0.1) is 0 Å². The molecule has 1 unspecified atom stereocenters. The van der Waals surface area contributed by atoms with Gasteiger partial charge in [-0.25, -0.2) is 0 Å². The van der Waals surface area contributed by atoms with Gasteiger partial charge in [0.2, 0.25) is 5.96 Å². The highest BCUT2D eigenvalue weighted by Crippen LogP contribution is 2.31. The average Bonchev–Trinajstić information content (AvgIpc) is 3.22. The fourth-order valence-electron chi connectivity index (χ4n) is 3.47. The Morgan fingerprint density at radius 3 is 2.56 bits per heavy atom. The molecule has 1 heterocycles. The van der Waals surface area contributed by atoms with Crippen LogP contribution >= 0.6 is 12.2 Å². The number of nitrogens with one attached hydrogen (secondary N) is 2. The average molecular weight is 487 g/mol. The van der Waals surface area contributed by atoms with E-state index in [0.717, 1.165) is 24.1 Å². The lowest BCUT2D eigenvalue weighted by molar-refractivity contribution is -0.137. The molecule has 0 fully saturated rings. The number of halogens is 3. The lowest BCUT2D eigenvalue weighted by Gasteiger charge is -2.29. The molecule has 0 aromatic heterocycles. The molecule has 8 heteroatoms. The molecule has 1 aliphatic rings. The molecule has 1 aliphatic heterocycles. The topological polar surface area (TPSA) is 39.7 Å². The van der Waals surface area contributed by atoms with Gasteiger partial charge in [0.1, 0.15) is 0 Å². The van der Waals surface area contributed by atoms with Crippen molar-refractivity contribution in [3.05, 3.63) is 90.0 Å². The minimum Gasteiger partial charge on any atom is -0.352 e. The van der Waals surface area contributed by atoms with Gasteiger partial charge in [-0.1, -0.05) is 74.5 Å². The van der Waals surface area contributed by atoms with Crippen molar-refractivity contribution in [2.24, 2.45) is 10.9 Å². The molecule has 0 spiro atoms. The molecule has 0 amide bonds. The van der Waals surface area contributed by atoms with E-state index in [-0.39, 0.29) is 16.8 Å². The van der Waals surface area contributed by atoms with E-state index in [9.17, 15) is 13.2 Å². The van der Waals surface area contributed by atoms with E-state index < -0.39 is 11.7 Å². The maximum atomic E-state index is 13.1. The monoisotopic (exact) mass is 486 g/mol. The molecule has 1 atom stereocenters. The molecule has 2 aromatic carbocycles.